The van der Waals surface area contributed by atoms with Gasteiger partial charge in [-0.15, -0.1) is 6.58 Å². The molecule has 5 nitrogen and oxygen atoms in total. The lowest BCUT2D eigenvalue weighted by Crippen LogP contribution is -2.20. The number of methoxy groups -OCH3 is 1. The summed E-state index contributed by atoms with van der Waals surface area (Å²) in [6, 6.07) is 0. The van der Waals surface area contributed by atoms with Gasteiger partial charge in [0.2, 0.25) is 0 Å². The first-order chi connectivity index (χ1) is 11.6. The van der Waals surface area contributed by atoms with Crippen molar-refractivity contribution < 1.29 is 23.9 Å². The highest BCUT2D eigenvalue weighted by Crippen LogP contribution is 2.60. The molecule has 0 aliphatic heterocycles. The van der Waals surface area contributed by atoms with Gasteiger partial charge in [-0.2, -0.15) is 0 Å². The lowest BCUT2D eigenvalue weighted by Gasteiger charge is -2.13. The molecular formula is C19H23ClO5. The molecule has 0 spiro atoms. The van der Waals surface area contributed by atoms with Gasteiger partial charge < -0.3 is 9.47 Å². The maximum atomic E-state index is 12.6. The van der Waals surface area contributed by atoms with Crippen LogP contribution in [0, 0.1) is 17.3 Å². The number of hydrogen-bond acceptors (Lipinski definition) is 5. The first-order valence-electron chi connectivity index (χ1n) is 8.15. The molecule has 1 saturated carbocycles. The Morgan fingerprint density at radius 3 is 2.60 bits per heavy atom. The molecule has 2 aliphatic carbocycles. The Kier molecular flexibility index (Phi) is 5.57. The van der Waals surface area contributed by atoms with E-state index < -0.39 is 18.0 Å². The van der Waals surface area contributed by atoms with Gasteiger partial charge in [0.1, 0.15) is 11.1 Å². The van der Waals surface area contributed by atoms with E-state index in [1.165, 1.54) is 7.11 Å². The zero-order chi connectivity index (χ0) is 18.9. The van der Waals surface area contributed by atoms with Gasteiger partial charge in [0.15, 0.2) is 5.78 Å². The molecule has 1 fully saturated rings. The number of Topliss-reactive ketones (excluding diaryl/α,β-unsaturated/α-hetero) is 1. The lowest BCUT2D eigenvalue weighted by molar-refractivity contribution is -0.150. The smallest absolute Gasteiger partial charge is 0.349 e. The summed E-state index contributed by atoms with van der Waals surface area (Å²) in [7, 11) is 1.25. The van der Waals surface area contributed by atoms with Gasteiger partial charge >= 0.3 is 11.9 Å². The summed E-state index contributed by atoms with van der Waals surface area (Å²) in [6.07, 6.45) is 3.35. The number of halogens is 1. The maximum Gasteiger partial charge on any atom is 0.349 e. The van der Waals surface area contributed by atoms with Crippen molar-refractivity contribution in [1.82, 2.24) is 0 Å². The van der Waals surface area contributed by atoms with Crippen LogP contribution in [0.4, 0.5) is 0 Å². The molecule has 2 rings (SSSR count). The first-order valence-corrected chi connectivity index (χ1v) is 8.52. The van der Waals surface area contributed by atoms with Crippen molar-refractivity contribution in [3.63, 3.8) is 0 Å². The van der Waals surface area contributed by atoms with Crippen LogP contribution in [0.1, 0.15) is 33.6 Å². The number of hydrogen-bond donors (Lipinski definition) is 0. The standard InChI is InChI=1S/C19H23ClO5/c1-6-7-11-10(2)15(9-14(11)21)25-18(23)16-12(19(16,3)4)8-13(20)17(22)24-5/h6,8,12,15-16H,1,7,9H2,2-5H3/b13-8-/t12-,15-,16-/m0/s1. The molecule has 0 aromatic heterocycles. The van der Waals surface area contributed by atoms with E-state index >= 15 is 0 Å². The molecule has 0 bridgehead atoms. The quantitative estimate of drug-likeness (QED) is 0.409. The van der Waals surface area contributed by atoms with E-state index in [0.29, 0.717) is 12.0 Å². The molecule has 136 valence electrons. The average molecular weight is 367 g/mol. The summed E-state index contributed by atoms with van der Waals surface area (Å²) in [6.45, 7) is 9.27. The van der Waals surface area contributed by atoms with Crippen LogP contribution in [0.5, 0.6) is 0 Å². The molecule has 0 saturated heterocycles. The van der Waals surface area contributed by atoms with Crippen LogP contribution < -0.4 is 0 Å². The minimum atomic E-state index is -0.634. The number of allylic oxidation sites excluding steroid dienone is 3. The molecule has 6 heteroatoms. The monoisotopic (exact) mass is 366 g/mol. The third kappa shape index (κ3) is 3.71. The van der Waals surface area contributed by atoms with Gasteiger partial charge in [-0.05, 0) is 30.3 Å². The third-order valence-corrected chi connectivity index (χ3v) is 5.42. The molecule has 3 atom stereocenters. The fraction of sp³-hybridized carbons (Fsp3) is 0.526. The topological polar surface area (TPSA) is 69.7 Å². The SMILES string of the molecule is C=CCC1=C(C)[C@@H](OC(=O)[C@@H]2[C@H](/C=C(\Cl)C(=O)OC)C2(C)C)CC1=O. The van der Waals surface area contributed by atoms with Crippen molar-refractivity contribution in [3.05, 3.63) is 34.9 Å². The van der Waals surface area contributed by atoms with Crippen LogP contribution in [0.2, 0.25) is 0 Å². The molecular weight excluding hydrogens is 344 g/mol. The normalized spacial score (nSPS) is 28.0. The number of rotatable bonds is 6. The summed E-state index contributed by atoms with van der Waals surface area (Å²) >= 11 is 5.90. The fourth-order valence-corrected chi connectivity index (χ4v) is 3.60. The van der Waals surface area contributed by atoms with Crippen LogP contribution in [-0.4, -0.2) is 30.9 Å². The Bertz CT molecular complexity index is 686. The summed E-state index contributed by atoms with van der Waals surface area (Å²) in [5.74, 6) is -1.63. The summed E-state index contributed by atoms with van der Waals surface area (Å²) in [5, 5.41) is -0.0451. The molecule has 0 aromatic rings. The van der Waals surface area contributed by atoms with Crippen LogP contribution >= 0.6 is 11.6 Å². The van der Waals surface area contributed by atoms with E-state index in [0.717, 1.165) is 5.57 Å². The van der Waals surface area contributed by atoms with Crippen molar-refractivity contribution in [3.8, 4) is 0 Å². The number of esters is 2. The van der Waals surface area contributed by atoms with Crippen molar-refractivity contribution in [1.29, 1.82) is 0 Å². The Labute approximate surface area is 152 Å². The van der Waals surface area contributed by atoms with Gasteiger partial charge in [0.25, 0.3) is 0 Å². The molecule has 0 heterocycles. The van der Waals surface area contributed by atoms with E-state index in [1.807, 2.05) is 20.8 Å². The number of ether oxygens (including phenoxy) is 2. The number of carbonyl (C=O) groups excluding carboxylic acids is 3. The molecule has 0 aromatic carbocycles. The predicted molar refractivity (Wildman–Crippen MR) is 93.7 cm³/mol. The average Bonchev–Trinajstić information content (AvgIpc) is 2.99. The second-order valence-electron chi connectivity index (χ2n) is 7.04. The van der Waals surface area contributed by atoms with Crippen molar-refractivity contribution in [2.75, 3.05) is 7.11 Å². The minimum Gasteiger partial charge on any atom is -0.465 e. The summed E-state index contributed by atoms with van der Waals surface area (Å²) < 4.78 is 10.2. The van der Waals surface area contributed by atoms with Crippen LogP contribution in [0.15, 0.2) is 34.9 Å². The van der Waals surface area contributed by atoms with E-state index in [-0.39, 0.29) is 34.5 Å². The second kappa shape index (κ2) is 7.16. The molecule has 25 heavy (non-hydrogen) atoms. The van der Waals surface area contributed by atoms with Gasteiger partial charge in [-0.3, -0.25) is 9.59 Å². The van der Waals surface area contributed by atoms with Crippen LogP contribution in [0.25, 0.3) is 0 Å². The van der Waals surface area contributed by atoms with Gasteiger partial charge in [-0.25, -0.2) is 4.79 Å². The Morgan fingerprint density at radius 2 is 2.04 bits per heavy atom. The minimum absolute atomic E-state index is 0.00422. The summed E-state index contributed by atoms with van der Waals surface area (Å²) in [5.41, 5.74) is 1.10. The zero-order valence-electron chi connectivity index (χ0n) is 14.9. The van der Waals surface area contributed by atoms with E-state index in [9.17, 15) is 14.4 Å². The Morgan fingerprint density at radius 1 is 1.40 bits per heavy atom. The second-order valence-corrected chi connectivity index (χ2v) is 7.45. The van der Waals surface area contributed by atoms with Gasteiger partial charge in [-0.1, -0.05) is 37.6 Å². The molecule has 0 radical (unpaired) electrons. The van der Waals surface area contributed by atoms with Crippen molar-refractivity contribution in [2.24, 2.45) is 17.3 Å². The maximum absolute atomic E-state index is 12.6. The molecule has 2 aliphatic rings. The van der Waals surface area contributed by atoms with Crippen LogP contribution in [-0.2, 0) is 23.9 Å². The van der Waals surface area contributed by atoms with Crippen molar-refractivity contribution in [2.45, 2.75) is 39.7 Å². The first kappa shape index (κ1) is 19.4. The summed E-state index contributed by atoms with van der Waals surface area (Å²) in [4.78, 5) is 36.0. The van der Waals surface area contributed by atoms with Gasteiger partial charge in [0, 0.05) is 5.57 Å². The Hall–Kier alpha value is -1.88. The van der Waals surface area contributed by atoms with Crippen molar-refractivity contribution >= 4 is 29.3 Å². The molecule has 0 unspecified atom stereocenters. The molecule has 0 amide bonds. The predicted octanol–water partition coefficient (Wildman–Crippen LogP) is 3.33. The third-order valence-electron chi connectivity index (χ3n) is 5.14. The zero-order valence-corrected chi connectivity index (χ0v) is 15.7. The van der Waals surface area contributed by atoms with Gasteiger partial charge in [0.05, 0.1) is 19.4 Å². The van der Waals surface area contributed by atoms with Crippen LogP contribution in [0.3, 0.4) is 0 Å². The number of carbonyl (C=O) groups is 3. The Balaban J connectivity index is 2.08. The highest BCUT2D eigenvalue weighted by molar-refractivity contribution is 6.41. The number of ketones is 1. The van der Waals surface area contributed by atoms with E-state index in [4.69, 9.17) is 16.3 Å². The molecule has 0 N–H and O–H groups in total. The highest BCUT2D eigenvalue weighted by Gasteiger charge is 2.62. The highest BCUT2D eigenvalue weighted by atomic mass is 35.5. The fourth-order valence-electron chi connectivity index (χ4n) is 3.38. The lowest BCUT2D eigenvalue weighted by atomic mass is 10.1. The van der Waals surface area contributed by atoms with E-state index in [2.05, 4.69) is 11.3 Å². The largest absolute Gasteiger partial charge is 0.465 e. The van der Waals surface area contributed by atoms with E-state index in [1.54, 1.807) is 12.2 Å².